The van der Waals surface area contributed by atoms with Crippen molar-refractivity contribution in [3.8, 4) is 0 Å². The molecule has 1 fully saturated rings. The standard InChI is InChI=1S/C15H22N4O2/c16-5-7-18-15(21)13-4-2-8-19(11-13)14(20)9-12-3-1-6-17-10-12/h1,3,6,10,13H,2,4-5,7-9,11,16H2,(H,18,21). The van der Waals surface area contributed by atoms with E-state index < -0.39 is 0 Å². The van der Waals surface area contributed by atoms with Crippen LogP contribution in [0, 0.1) is 5.92 Å². The van der Waals surface area contributed by atoms with Crippen LogP contribution in [-0.4, -0.2) is 47.9 Å². The number of likely N-dealkylation sites (tertiary alicyclic amines) is 1. The topological polar surface area (TPSA) is 88.3 Å². The highest BCUT2D eigenvalue weighted by Crippen LogP contribution is 2.17. The Morgan fingerprint density at radius 2 is 2.33 bits per heavy atom. The first kappa shape index (κ1) is 15.4. The fourth-order valence-electron chi connectivity index (χ4n) is 2.55. The number of aromatic nitrogens is 1. The van der Waals surface area contributed by atoms with Gasteiger partial charge in [0.25, 0.3) is 0 Å². The highest BCUT2D eigenvalue weighted by Gasteiger charge is 2.28. The van der Waals surface area contributed by atoms with E-state index in [2.05, 4.69) is 10.3 Å². The highest BCUT2D eigenvalue weighted by molar-refractivity contribution is 5.82. The zero-order valence-corrected chi connectivity index (χ0v) is 12.1. The van der Waals surface area contributed by atoms with Crippen molar-refractivity contribution in [1.82, 2.24) is 15.2 Å². The fourth-order valence-corrected chi connectivity index (χ4v) is 2.55. The predicted octanol–water partition coefficient (Wildman–Crippen LogP) is -0.0624. The molecule has 1 aromatic rings. The summed E-state index contributed by atoms with van der Waals surface area (Å²) in [7, 11) is 0. The minimum Gasteiger partial charge on any atom is -0.355 e. The molecule has 1 aliphatic rings. The van der Waals surface area contributed by atoms with Crippen molar-refractivity contribution in [2.75, 3.05) is 26.2 Å². The summed E-state index contributed by atoms with van der Waals surface area (Å²) in [5.41, 5.74) is 6.28. The summed E-state index contributed by atoms with van der Waals surface area (Å²) in [6.07, 6.45) is 5.41. The Bertz CT molecular complexity index is 478. The van der Waals surface area contributed by atoms with Crippen LogP contribution in [0.1, 0.15) is 18.4 Å². The zero-order chi connectivity index (χ0) is 15.1. The summed E-state index contributed by atoms with van der Waals surface area (Å²) in [6.45, 7) is 2.14. The Labute approximate surface area is 124 Å². The molecule has 0 spiro atoms. The lowest BCUT2D eigenvalue weighted by atomic mass is 9.96. The van der Waals surface area contributed by atoms with Gasteiger partial charge in [-0.25, -0.2) is 0 Å². The van der Waals surface area contributed by atoms with E-state index in [9.17, 15) is 9.59 Å². The maximum Gasteiger partial charge on any atom is 0.227 e. The van der Waals surface area contributed by atoms with E-state index in [1.165, 1.54) is 0 Å². The van der Waals surface area contributed by atoms with Crippen LogP contribution in [0.25, 0.3) is 0 Å². The molecule has 6 nitrogen and oxygen atoms in total. The molecule has 3 N–H and O–H groups in total. The normalized spacial score (nSPS) is 18.3. The van der Waals surface area contributed by atoms with Crippen LogP contribution in [0.3, 0.4) is 0 Å². The van der Waals surface area contributed by atoms with E-state index >= 15 is 0 Å². The van der Waals surface area contributed by atoms with Crippen LogP contribution < -0.4 is 11.1 Å². The fraction of sp³-hybridized carbons (Fsp3) is 0.533. The SMILES string of the molecule is NCCNC(=O)C1CCCN(C(=O)Cc2cccnc2)C1. The summed E-state index contributed by atoms with van der Waals surface area (Å²) in [5.74, 6) is -0.0678. The molecule has 0 bridgehead atoms. The summed E-state index contributed by atoms with van der Waals surface area (Å²) in [6, 6.07) is 3.71. The molecule has 6 heteroatoms. The molecule has 1 aliphatic heterocycles. The average molecular weight is 290 g/mol. The minimum atomic E-state index is -0.122. The number of amides is 2. The van der Waals surface area contributed by atoms with Crippen molar-refractivity contribution in [3.05, 3.63) is 30.1 Å². The summed E-state index contributed by atoms with van der Waals surface area (Å²) >= 11 is 0. The van der Waals surface area contributed by atoms with E-state index in [0.717, 1.165) is 24.9 Å². The first-order valence-electron chi connectivity index (χ1n) is 7.35. The maximum absolute atomic E-state index is 12.3. The smallest absolute Gasteiger partial charge is 0.227 e. The Morgan fingerprint density at radius 1 is 1.48 bits per heavy atom. The minimum absolute atomic E-state index is 0.000622. The quantitative estimate of drug-likeness (QED) is 0.795. The molecule has 0 saturated carbocycles. The molecule has 21 heavy (non-hydrogen) atoms. The average Bonchev–Trinajstić information content (AvgIpc) is 2.53. The third-order valence-electron chi connectivity index (χ3n) is 3.67. The number of nitrogens with two attached hydrogens (primary N) is 1. The van der Waals surface area contributed by atoms with Crippen molar-refractivity contribution < 1.29 is 9.59 Å². The van der Waals surface area contributed by atoms with Crippen molar-refractivity contribution in [3.63, 3.8) is 0 Å². The number of rotatable bonds is 5. The Balaban J connectivity index is 1.88. The van der Waals surface area contributed by atoms with Gasteiger partial charge in [-0.2, -0.15) is 0 Å². The Morgan fingerprint density at radius 3 is 3.05 bits per heavy atom. The number of pyridine rings is 1. The number of nitrogens with one attached hydrogen (secondary N) is 1. The molecular formula is C15H22N4O2. The van der Waals surface area contributed by atoms with E-state index in [-0.39, 0.29) is 17.7 Å². The second-order valence-corrected chi connectivity index (χ2v) is 5.30. The van der Waals surface area contributed by atoms with Gasteiger partial charge in [0, 0.05) is 38.6 Å². The van der Waals surface area contributed by atoms with E-state index in [1.807, 2.05) is 12.1 Å². The van der Waals surface area contributed by atoms with E-state index in [0.29, 0.717) is 26.1 Å². The van der Waals surface area contributed by atoms with Crippen LogP contribution in [-0.2, 0) is 16.0 Å². The molecular weight excluding hydrogens is 268 g/mol. The van der Waals surface area contributed by atoms with Crippen molar-refractivity contribution in [2.45, 2.75) is 19.3 Å². The van der Waals surface area contributed by atoms with E-state index in [4.69, 9.17) is 5.73 Å². The predicted molar refractivity (Wildman–Crippen MR) is 79.3 cm³/mol. The van der Waals surface area contributed by atoms with Gasteiger partial charge in [-0.3, -0.25) is 14.6 Å². The van der Waals surface area contributed by atoms with Crippen LogP contribution in [0.4, 0.5) is 0 Å². The molecule has 1 saturated heterocycles. The molecule has 0 radical (unpaired) electrons. The first-order chi connectivity index (χ1) is 10.2. The maximum atomic E-state index is 12.3. The van der Waals surface area contributed by atoms with Crippen LogP contribution in [0.5, 0.6) is 0 Å². The number of piperidine rings is 1. The van der Waals surface area contributed by atoms with Gasteiger partial charge in [0.2, 0.25) is 11.8 Å². The van der Waals surface area contributed by atoms with Gasteiger partial charge in [-0.15, -0.1) is 0 Å². The van der Waals surface area contributed by atoms with Gasteiger partial charge >= 0.3 is 0 Å². The molecule has 1 unspecified atom stereocenters. The lowest BCUT2D eigenvalue weighted by molar-refractivity contribution is -0.135. The third-order valence-corrected chi connectivity index (χ3v) is 3.67. The first-order valence-corrected chi connectivity index (χ1v) is 7.35. The summed E-state index contributed by atoms with van der Waals surface area (Å²) in [5, 5.41) is 2.80. The van der Waals surface area contributed by atoms with Crippen molar-refractivity contribution in [1.29, 1.82) is 0 Å². The second-order valence-electron chi connectivity index (χ2n) is 5.30. The van der Waals surface area contributed by atoms with Crippen LogP contribution in [0.15, 0.2) is 24.5 Å². The largest absolute Gasteiger partial charge is 0.355 e. The van der Waals surface area contributed by atoms with Gasteiger partial charge in [0.05, 0.1) is 12.3 Å². The summed E-state index contributed by atoms with van der Waals surface area (Å²) in [4.78, 5) is 30.1. The van der Waals surface area contributed by atoms with Crippen LogP contribution in [0.2, 0.25) is 0 Å². The lowest BCUT2D eigenvalue weighted by Gasteiger charge is -2.32. The number of hydrogen-bond donors (Lipinski definition) is 2. The second kappa shape index (κ2) is 7.73. The Hall–Kier alpha value is -1.95. The number of hydrogen-bond acceptors (Lipinski definition) is 4. The third kappa shape index (κ3) is 4.53. The van der Waals surface area contributed by atoms with Gasteiger partial charge in [-0.1, -0.05) is 6.07 Å². The molecule has 2 heterocycles. The molecule has 0 aliphatic carbocycles. The van der Waals surface area contributed by atoms with Gasteiger partial charge < -0.3 is 16.0 Å². The monoisotopic (exact) mass is 290 g/mol. The summed E-state index contributed by atoms with van der Waals surface area (Å²) < 4.78 is 0. The zero-order valence-electron chi connectivity index (χ0n) is 12.1. The van der Waals surface area contributed by atoms with E-state index in [1.54, 1.807) is 17.3 Å². The molecule has 1 atom stereocenters. The number of carbonyl (C=O) groups is 2. The highest BCUT2D eigenvalue weighted by atomic mass is 16.2. The number of carbonyl (C=O) groups excluding carboxylic acids is 2. The van der Waals surface area contributed by atoms with Crippen LogP contribution >= 0.6 is 0 Å². The van der Waals surface area contributed by atoms with Crippen molar-refractivity contribution in [2.24, 2.45) is 11.7 Å². The molecule has 0 aromatic carbocycles. The molecule has 114 valence electrons. The van der Waals surface area contributed by atoms with Gasteiger partial charge in [-0.05, 0) is 24.5 Å². The molecule has 2 amide bonds. The molecule has 2 rings (SSSR count). The van der Waals surface area contributed by atoms with Crippen molar-refractivity contribution >= 4 is 11.8 Å². The van der Waals surface area contributed by atoms with Gasteiger partial charge in [0.15, 0.2) is 0 Å². The molecule has 1 aromatic heterocycles. The number of nitrogens with zero attached hydrogens (tertiary/aromatic N) is 2. The Kier molecular flexibility index (Phi) is 5.68. The lowest BCUT2D eigenvalue weighted by Crippen LogP contribution is -2.46. The van der Waals surface area contributed by atoms with Gasteiger partial charge in [0.1, 0.15) is 0 Å².